The van der Waals surface area contributed by atoms with Crippen molar-refractivity contribution in [3.05, 3.63) is 52.0 Å². The average molecular weight is 418 g/mol. The number of halogens is 1. The van der Waals surface area contributed by atoms with Gasteiger partial charge in [-0.25, -0.2) is 0 Å². The highest BCUT2D eigenvalue weighted by Gasteiger charge is 2.23. The molecule has 0 atom stereocenters. The molecule has 6 heteroatoms. The molecule has 0 saturated heterocycles. The van der Waals surface area contributed by atoms with Gasteiger partial charge in [-0.2, -0.15) is 0 Å². The van der Waals surface area contributed by atoms with Gasteiger partial charge in [-0.15, -0.1) is 0 Å². The number of benzene rings is 1. The van der Waals surface area contributed by atoms with E-state index in [0.717, 1.165) is 0 Å². The second-order valence-corrected chi connectivity index (χ2v) is 6.32. The zero-order valence-corrected chi connectivity index (χ0v) is 16.5. The molecular formula is C20H20BrNO4. The van der Waals surface area contributed by atoms with Crippen molar-refractivity contribution < 1.29 is 19.1 Å². The molecule has 0 N–H and O–H groups in total. The summed E-state index contributed by atoms with van der Waals surface area (Å²) in [6.07, 6.45) is 6.72. The van der Waals surface area contributed by atoms with Crippen LogP contribution in [0.15, 0.2) is 51.5 Å². The number of carbonyl (C=O) groups is 2. The number of hydrogen-bond donors (Lipinski definition) is 0. The van der Waals surface area contributed by atoms with E-state index in [0.29, 0.717) is 40.2 Å². The number of ketones is 2. The van der Waals surface area contributed by atoms with E-state index in [2.05, 4.69) is 20.9 Å². The maximum Gasteiger partial charge on any atom is 0.211 e. The molecule has 2 rings (SSSR count). The Labute approximate surface area is 161 Å². The molecular weight excluding hydrogens is 398 g/mol. The number of aliphatic imine (C=N–C) groups is 1. The van der Waals surface area contributed by atoms with Gasteiger partial charge in [0.05, 0.1) is 25.5 Å². The molecule has 1 aromatic carbocycles. The lowest BCUT2D eigenvalue weighted by molar-refractivity contribution is -0.116. The van der Waals surface area contributed by atoms with Gasteiger partial charge in [-0.05, 0) is 43.4 Å². The highest BCUT2D eigenvalue weighted by atomic mass is 79.9. The normalized spacial score (nSPS) is 16.3. The largest absolute Gasteiger partial charge is 0.497 e. The van der Waals surface area contributed by atoms with Crippen molar-refractivity contribution in [1.29, 1.82) is 0 Å². The second kappa shape index (κ2) is 9.29. The van der Waals surface area contributed by atoms with Gasteiger partial charge in [0.2, 0.25) is 5.78 Å². The fraction of sp³-hybridized carbons (Fsp3) is 0.250. The lowest BCUT2D eigenvalue weighted by Gasteiger charge is -2.07. The van der Waals surface area contributed by atoms with E-state index in [9.17, 15) is 9.59 Å². The Hall–Kier alpha value is -2.47. The van der Waals surface area contributed by atoms with Crippen LogP contribution in [-0.4, -0.2) is 38.0 Å². The van der Waals surface area contributed by atoms with Gasteiger partial charge in [0.1, 0.15) is 11.5 Å². The van der Waals surface area contributed by atoms with Crippen LogP contribution < -0.4 is 9.47 Å². The van der Waals surface area contributed by atoms with E-state index >= 15 is 0 Å². The predicted molar refractivity (Wildman–Crippen MR) is 106 cm³/mol. The highest BCUT2D eigenvalue weighted by Crippen LogP contribution is 2.25. The van der Waals surface area contributed by atoms with Crippen molar-refractivity contribution in [3.8, 4) is 11.5 Å². The molecule has 0 radical (unpaired) electrons. The quantitative estimate of drug-likeness (QED) is 0.519. The van der Waals surface area contributed by atoms with E-state index in [1.807, 2.05) is 13.0 Å². The predicted octanol–water partition coefficient (Wildman–Crippen LogP) is 3.93. The van der Waals surface area contributed by atoms with Crippen molar-refractivity contribution in [2.45, 2.75) is 13.3 Å². The molecule has 5 nitrogen and oxygen atoms in total. The summed E-state index contributed by atoms with van der Waals surface area (Å²) in [4.78, 5) is 29.4. The molecule has 0 bridgehead atoms. The van der Waals surface area contributed by atoms with E-state index in [1.54, 1.807) is 38.5 Å². The summed E-state index contributed by atoms with van der Waals surface area (Å²) < 4.78 is 11.2. The number of Topliss-reactive ketones (excluding diaryl/α,β-unsaturated/α-hetero) is 1. The van der Waals surface area contributed by atoms with Gasteiger partial charge < -0.3 is 9.47 Å². The SMILES string of the molecule is CCN=C1CC=C(Br)C=C(C(=O)/C=C/c2cc(OC)ccc2OC)C1=O. The van der Waals surface area contributed by atoms with Crippen molar-refractivity contribution in [2.75, 3.05) is 20.8 Å². The third-order valence-corrected chi connectivity index (χ3v) is 4.30. The Morgan fingerprint density at radius 1 is 1.31 bits per heavy atom. The van der Waals surface area contributed by atoms with Crippen molar-refractivity contribution in [3.63, 3.8) is 0 Å². The summed E-state index contributed by atoms with van der Waals surface area (Å²) in [5, 5.41) is 0. The first kappa shape index (κ1) is 19.8. The van der Waals surface area contributed by atoms with Crippen molar-refractivity contribution >= 4 is 39.3 Å². The van der Waals surface area contributed by atoms with E-state index in [-0.39, 0.29) is 11.4 Å². The number of allylic oxidation sites excluding steroid dienone is 5. The molecule has 0 heterocycles. The molecule has 0 aromatic heterocycles. The summed E-state index contributed by atoms with van der Waals surface area (Å²) in [6.45, 7) is 2.34. The van der Waals surface area contributed by atoms with Gasteiger partial charge in [0.25, 0.3) is 0 Å². The van der Waals surface area contributed by atoms with Gasteiger partial charge in [-0.1, -0.05) is 22.0 Å². The minimum atomic E-state index is -0.393. The van der Waals surface area contributed by atoms with Crippen LogP contribution >= 0.6 is 15.9 Å². The van der Waals surface area contributed by atoms with Gasteiger partial charge in [0.15, 0.2) is 5.78 Å². The van der Waals surface area contributed by atoms with Crippen molar-refractivity contribution in [1.82, 2.24) is 0 Å². The van der Waals surface area contributed by atoms with Crippen LogP contribution in [-0.2, 0) is 9.59 Å². The number of methoxy groups -OCH3 is 2. The Balaban J connectivity index is 2.34. The Morgan fingerprint density at radius 3 is 2.73 bits per heavy atom. The van der Waals surface area contributed by atoms with Crippen LogP contribution in [0, 0.1) is 0 Å². The Bertz CT molecular complexity index is 834. The lowest BCUT2D eigenvalue weighted by Crippen LogP contribution is -2.20. The number of carbonyl (C=O) groups excluding carboxylic acids is 2. The highest BCUT2D eigenvalue weighted by molar-refractivity contribution is 9.11. The van der Waals surface area contributed by atoms with Gasteiger partial charge in [-0.3, -0.25) is 14.6 Å². The fourth-order valence-corrected chi connectivity index (χ4v) is 2.83. The van der Waals surface area contributed by atoms with Crippen LogP contribution in [0.3, 0.4) is 0 Å². The molecule has 1 aromatic rings. The van der Waals surface area contributed by atoms with Crippen molar-refractivity contribution in [2.24, 2.45) is 4.99 Å². The minimum Gasteiger partial charge on any atom is -0.497 e. The summed E-state index contributed by atoms with van der Waals surface area (Å²) in [5.41, 5.74) is 1.14. The summed E-state index contributed by atoms with van der Waals surface area (Å²) >= 11 is 3.36. The molecule has 0 aliphatic heterocycles. The van der Waals surface area contributed by atoms with Crippen LogP contribution in [0.25, 0.3) is 6.08 Å². The van der Waals surface area contributed by atoms with E-state index < -0.39 is 5.78 Å². The summed E-state index contributed by atoms with van der Waals surface area (Å²) in [6, 6.07) is 5.28. The Kier molecular flexibility index (Phi) is 7.09. The maximum atomic E-state index is 12.6. The van der Waals surface area contributed by atoms with Crippen LogP contribution in [0.4, 0.5) is 0 Å². The lowest BCUT2D eigenvalue weighted by atomic mass is 10.0. The first-order chi connectivity index (χ1) is 12.5. The van der Waals surface area contributed by atoms with E-state index in [4.69, 9.17) is 9.47 Å². The van der Waals surface area contributed by atoms with Crippen LogP contribution in [0.1, 0.15) is 18.9 Å². The van der Waals surface area contributed by atoms with Gasteiger partial charge >= 0.3 is 0 Å². The number of ether oxygens (including phenoxy) is 2. The molecule has 0 saturated carbocycles. The number of hydrogen-bond acceptors (Lipinski definition) is 5. The number of rotatable bonds is 6. The average Bonchev–Trinajstić information content (AvgIpc) is 2.79. The van der Waals surface area contributed by atoms with Gasteiger partial charge in [0, 0.05) is 23.0 Å². The first-order valence-corrected chi connectivity index (χ1v) is 8.89. The monoisotopic (exact) mass is 417 g/mol. The number of nitrogens with zero attached hydrogens (tertiary/aromatic N) is 1. The van der Waals surface area contributed by atoms with Crippen LogP contribution in [0.5, 0.6) is 11.5 Å². The third-order valence-electron chi connectivity index (χ3n) is 3.74. The molecule has 1 aliphatic carbocycles. The zero-order chi connectivity index (χ0) is 19.1. The standard InChI is InChI=1S/C20H20BrNO4/c1-4-22-17-8-6-14(21)12-16(20(17)24)18(23)9-5-13-11-15(25-2)7-10-19(13)26-3/h5-7,9-12H,4,8H2,1-3H3/b9-5+,22-17?. The molecule has 0 amide bonds. The first-order valence-electron chi connectivity index (χ1n) is 8.10. The topological polar surface area (TPSA) is 65.0 Å². The maximum absolute atomic E-state index is 12.6. The summed E-state index contributed by atoms with van der Waals surface area (Å²) in [5.74, 6) is 0.511. The third kappa shape index (κ3) is 4.79. The molecule has 1 aliphatic rings. The summed E-state index contributed by atoms with van der Waals surface area (Å²) in [7, 11) is 3.11. The van der Waals surface area contributed by atoms with E-state index in [1.165, 1.54) is 12.2 Å². The Morgan fingerprint density at radius 2 is 2.08 bits per heavy atom. The van der Waals surface area contributed by atoms with Crippen LogP contribution in [0.2, 0.25) is 0 Å². The zero-order valence-electron chi connectivity index (χ0n) is 14.9. The molecule has 136 valence electrons. The minimum absolute atomic E-state index is 0.0796. The molecule has 26 heavy (non-hydrogen) atoms. The smallest absolute Gasteiger partial charge is 0.211 e. The molecule has 0 spiro atoms. The molecule has 0 fully saturated rings. The molecule has 0 unspecified atom stereocenters. The second-order valence-electron chi connectivity index (χ2n) is 5.41. The fourth-order valence-electron chi connectivity index (χ4n) is 2.44.